The normalized spacial score (nSPS) is 20.0. The number of rotatable bonds is 11. The highest BCUT2D eigenvalue weighted by atomic mass is 15.1. The van der Waals surface area contributed by atoms with Crippen LogP contribution in [0.4, 0.5) is 0 Å². The van der Waals surface area contributed by atoms with Crippen LogP contribution in [0.1, 0.15) is 50.4 Å². The molecule has 0 aliphatic heterocycles. The van der Waals surface area contributed by atoms with E-state index in [0.29, 0.717) is 0 Å². The van der Waals surface area contributed by atoms with Crippen LogP contribution in [-0.2, 0) is 6.42 Å². The molecule has 1 aromatic rings. The lowest BCUT2D eigenvalue weighted by Crippen LogP contribution is -2.11. The number of hydrogen-bond acceptors (Lipinski definition) is 3. The highest BCUT2D eigenvalue weighted by Crippen LogP contribution is 2.20. The molecule has 2 aliphatic carbocycles. The van der Waals surface area contributed by atoms with Crippen molar-refractivity contribution < 1.29 is 0 Å². The standard InChI is InChI=1S/C33H38N4/c1-5-30(35-27(4)28-15-11-9-7-8-10-12-16-28)23-21-26(3)22-24-32-25-33(37-36-32)29-17-13-19-31(34-6-2)20-14-18-29/h5-7,9,12-17,20-21,23,25,34-35H,2-4,8,10-11,18,22,24H2,1H3,(H,36,37)/b9-7-,16-12-,20-14-,23-21-,28-15?,29-17+,30-5+. The third-order valence-corrected chi connectivity index (χ3v) is 5.97. The van der Waals surface area contributed by atoms with Gasteiger partial charge in [0.25, 0.3) is 0 Å². The number of aromatic amines is 1. The van der Waals surface area contributed by atoms with E-state index in [-0.39, 0.29) is 0 Å². The fourth-order valence-corrected chi connectivity index (χ4v) is 3.84. The van der Waals surface area contributed by atoms with Crippen molar-refractivity contribution in [2.45, 2.75) is 45.4 Å². The van der Waals surface area contributed by atoms with E-state index in [0.717, 1.165) is 83.7 Å². The molecule has 2 aliphatic rings. The lowest BCUT2D eigenvalue weighted by Gasteiger charge is -2.12. The largest absolute Gasteiger partial charge is 0.356 e. The summed E-state index contributed by atoms with van der Waals surface area (Å²) < 4.78 is 0. The number of nitrogens with zero attached hydrogens (tertiary/aromatic N) is 1. The minimum atomic E-state index is 0.800. The molecule has 0 saturated heterocycles. The van der Waals surface area contributed by atoms with E-state index in [1.807, 2.05) is 25.2 Å². The van der Waals surface area contributed by atoms with Crippen molar-refractivity contribution >= 4 is 5.57 Å². The summed E-state index contributed by atoms with van der Waals surface area (Å²) in [5.41, 5.74) is 11.4. The van der Waals surface area contributed by atoms with Crippen LogP contribution < -0.4 is 10.6 Å². The summed E-state index contributed by atoms with van der Waals surface area (Å²) in [4.78, 5) is 0. The molecule has 4 nitrogen and oxygen atoms in total. The van der Waals surface area contributed by atoms with Gasteiger partial charge in [-0.3, -0.25) is 5.10 Å². The first kappa shape index (κ1) is 27.3. The van der Waals surface area contributed by atoms with Gasteiger partial charge in [-0.1, -0.05) is 79.6 Å². The molecule has 0 atom stereocenters. The minimum Gasteiger partial charge on any atom is -0.356 e. The number of hydrogen-bond donors (Lipinski definition) is 3. The summed E-state index contributed by atoms with van der Waals surface area (Å²) in [6.45, 7) is 14.2. The van der Waals surface area contributed by atoms with Crippen LogP contribution >= 0.6 is 0 Å². The van der Waals surface area contributed by atoms with Gasteiger partial charge in [0, 0.05) is 17.1 Å². The van der Waals surface area contributed by atoms with Gasteiger partial charge in [0.2, 0.25) is 0 Å². The molecule has 3 rings (SSSR count). The molecule has 1 heterocycles. The molecule has 0 aromatic carbocycles. The molecule has 3 N–H and O–H groups in total. The first-order chi connectivity index (χ1) is 18.1. The number of nitrogens with one attached hydrogen (secondary N) is 3. The average Bonchev–Trinajstić information content (AvgIpc) is 3.40. The summed E-state index contributed by atoms with van der Waals surface area (Å²) in [6, 6.07) is 2.12. The summed E-state index contributed by atoms with van der Waals surface area (Å²) in [6.07, 6.45) is 32.4. The van der Waals surface area contributed by atoms with E-state index in [1.54, 1.807) is 6.20 Å². The maximum absolute atomic E-state index is 4.52. The topological polar surface area (TPSA) is 52.7 Å². The predicted octanol–water partition coefficient (Wildman–Crippen LogP) is 7.80. The van der Waals surface area contributed by atoms with Gasteiger partial charge in [-0.25, -0.2) is 0 Å². The fourth-order valence-electron chi connectivity index (χ4n) is 3.84. The predicted molar refractivity (Wildman–Crippen MR) is 158 cm³/mol. The first-order valence-electron chi connectivity index (χ1n) is 12.8. The SMILES string of the molecule is C=CNC1=C=C/C=C(/c2cc(CCC(=C)/C=C\C(=C/C)NC(=C)C3=CC/C=C\CC/C=C\3)[nH]n2)C/C=C\1. The van der Waals surface area contributed by atoms with Gasteiger partial charge in [-0.2, -0.15) is 5.10 Å². The van der Waals surface area contributed by atoms with Crippen molar-refractivity contribution in [2.24, 2.45) is 0 Å². The zero-order chi connectivity index (χ0) is 26.3. The molecule has 190 valence electrons. The molecule has 37 heavy (non-hydrogen) atoms. The van der Waals surface area contributed by atoms with Crippen molar-refractivity contribution in [1.29, 1.82) is 0 Å². The second-order valence-corrected chi connectivity index (χ2v) is 8.84. The first-order valence-corrected chi connectivity index (χ1v) is 12.8. The number of allylic oxidation sites excluding steroid dienone is 13. The molecule has 0 saturated carbocycles. The molecule has 0 unspecified atom stereocenters. The highest BCUT2D eigenvalue weighted by Gasteiger charge is 2.07. The van der Waals surface area contributed by atoms with Crippen molar-refractivity contribution in [2.75, 3.05) is 0 Å². The number of aryl methyl sites for hydroxylation is 1. The van der Waals surface area contributed by atoms with Crippen molar-refractivity contribution in [1.82, 2.24) is 20.8 Å². The Labute approximate surface area is 222 Å². The van der Waals surface area contributed by atoms with Crippen LogP contribution in [0.3, 0.4) is 0 Å². The van der Waals surface area contributed by atoms with Crippen molar-refractivity contribution in [3.8, 4) is 0 Å². The lowest BCUT2D eigenvalue weighted by molar-refractivity contribution is 0.896. The van der Waals surface area contributed by atoms with E-state index in [2.05, 4.69) is 107 Å². The second kappa shape index (κ2) is 15.0. The molecular formula is C33H38N4. The molecule has 1 aromatic heterocycles. The minimum absolute atomic E-state index is 0.800. The molecule has 0 spiro atoms. The maximum atomic E-state index is 4.52. The third-order valence-electron chi connectivity index (χ3n) is 5.97. The Morgan fingerprint density at radius 1 is 1.14 bits per heavy atom. The number of H-pyrrole nitrogens is 1. The Morgan fingerprint density at radius 2 is 2.00 bits per heavy atom. The third kappa shape index (κ3) is 9.36. The highest BCUT2D eigenvalue weighted by molar-refractivity contribution is 5.66. The molecule has 0 amide bonds. The van der Waals surface area contributed by atoms with E-state index in [1.165, 1.54) is 0 Å². The maximum Gasteiger partial charge on any atom is 0.0886 e. The van der Waals surface area contributed by atoms with E-state index >= 15 is 0 Å². The zero-order valence-corrected chi connectivity index (χ0v) is 21.9. The number of aromatic nitrogens is 2. The molecule has 0 radical (unpaired) electrons. The summed E-state index contributed by atoms with van der Waals surface area (Å²) in [5, 5.41) is 14.2. The van der Waals surface area contributed by atoms with Crippen molar-refractivity contribution in [3.05, 3.63) is 150 Å². The van der Waals surface area contributed by atoms with Gasteiger partial charge >= 0.3 is 0 Å². The second-order valence-electron chi connectivity index (χ2n) is 8.84. The quantitative estimate of drug-likeness (QED) is 0.168. The Hall–Kier alpha value is -4.27. The van der Waals surface area contributed by atoms with Gasteiger partial charge in [-0.15, -0.1) is 0 Å². The Bertz CT molecular complexity index is 1260. The molecule has 4 heteroatoms. The molecule has 0 bridgehead atoms. The summed E-state index contributed by atoms with van der Waals surface area (Å²) >= 11 is 0. The fraction of sp³-hybridized carbons (Fsp3) is 0.212. The van der Waals surface area contributed by atoms with Crippen LogP contribution in [0.25, 0.3) is 5.57 Å². The van der Waals surface area contributed by atoms with Crippen LogP contribution in [0.5, 0.6) is 0 Å². The molecule has 0 fully saturated rings. The monoisotopic (exact) mass is 490 g/mol. The smallest absolute Gasteiger partial charge is 0.0886 e. The van der Waals surface area contributed by atoms with Gasteiger partial charge in [0.15, 0.2) is 0 Å². The van der Waals surface area contributed by atoms with E-state index < -0.39 is 0 Å². The lowest BCUT2D eigenvalue weighted by atomic mass is 10.0. The molecular weight excluding hydrogens is 452 g/mol. The van der Waals surface area contributed by atoms with Gasteiger partial charge in [0.05, 0.1) is 11.4 Å². The van der Waals surface area contributed by atoms with Crippen LogP contribution in [0.2, 0.25) is 0 Å². The van der Waals surface area contributed by atoms with Gasteiger partial charge in [-0.05, 0) is 93.2 Å². The summed E-state index contributed by atoms with van der Waals surface area (Å²) in [5.74, 6) is 0. The van der Waals surface area contributed by atoms with E-state index in [4.69, 9.17) is 0 Å². The Balaban J connectivity index is 1.53. The van der Waals surface area contributed by atoms with Crippen LogP contribution in [-0.4, -0.2) is 10.2 Å². The van der Waals surface area contributed by atoms with Crippen LogP contribution in [0, 0.1) is 0 Å². The van der Waals surface area contributed by atoms with Gasteiger partial charge in [0.1, 0.15) is 0 Å². The summed E-state index contributed by atoms with van der Waals surface area (Å²) in [7, 11) is 0. The van der Waals surface area contributed by atoms with E-state index in [9.17, 15) is 0 Å². The van der Waals surface area contributed by atoms with Gasteiger partial charge < -0.3 is 10.6 Å². The zero-order valence-electron chi connectivity index (χ0n) is 21.9. The average molecular weight is 491 g/mol. The van der Waals surface area contributed by atoms with Crippen molar-refractivity contribution in [3.63, 3.8) is 0 Å². The van der Waals surface area contributed by atoms with Crippen LogP contribution in [0.15, 0.2) is 139 Å². The Morgan fingerprint density at radius 3 is 2.84 bits per heavy atom. The Kier molecular flexibility index (Phi) is 11.1.